The van der Waals surface area contributed by atoms with Gasteiger partial charge in [-0.15, -0.1) is 0 Å². The van der Waals surface area contributed by atoms with Crippen molar-refractivity contribution in [2.45, 2.75) is 24.8 Å². The molecule has 1 atom stereocenters. The van der Waals surface area contributed by atoms with Crippen molar-refractivity contribution >= 4 is 28.8 Å². The van der Waals surface area contributed by atoms with Gasteiger partial charge in [-0.05, 0) is 34.9 Å². The van der Waals surface area contributed by atoms with Crippen LogP contribution in [0.4, 0.5) is 4.39 Å². The lowest BCUT2D eigenvalue weighted by Gasteiger charge is -2.28. The fourth-order valence-electron chi connectivity index (χ4n) is 4.78. The zero-order valence-electron chi connectivity index (χ0n) is 20.0. The minimum Gasteiger partial charge on any atom is -0.340 e. The van der Waals surface area contributed by atoms with E-state index < -0.39 is 5.41 Å². The first-order chi connectivity index (χ1) is 17.3. The lowest BCUT2D eigenvalue weighted by molar-refractivity contribution is -0.141. The topological polar surface area (TPSA) is 86.4 Å². The van der Waals surface area contributed by atoms with Crippen molar-refractivity contribution in [3.05, 3.63) is 90.0 Å². The van der Waals surface area contributed by atoms with Gasteiger partial charge in [0.2, 0.25) is 17.7 Å². The van der Waals surface area contributed by atoms with Gasteiger partial charge in [-0.25, -0.2) is 9.37 Å². The molecular weight excluding hydrogens is 459 g/mol. The molecule has 4 aromatic rings. The Morgan fingerprint density at radius 1 is 1.06 bits per heavy atom. The number of halogens is 1. The first kappa shape index (κ1) is 23.4. The van der Waals surface area contributed by atoms with E-state index in [9.17, 15) is 18.8 Å². The van der Waals surface area contributed by atoms with Gasteiger partial charge in [0.25, 0.3) is 0 Å². The molecule has 2 heterocycles. The average Bonchev–Trinajstić information content (AvgIpc) is 3.37. The quantitative estimate of drug-likeness (QED) is 0.419. The van der Waals surface area contributed by atoms with Crippen LogP contribution in [0.1, 0.15) is 24.2 Å². The molecule has 0 radical (unpaired) electrons. The van der Waals surface area contributed by atoms with Gasteiger partial charge in [-0.3, -0.25) is 19.3 Å². The number of fused-ring (bicyclic) bond motifs is 1. The Hall–Kier alpha value is -4.33. The predicted octanol–water partition coefficient (Wildman–Crippen LogP) is 4.04. The van der Waals surface area contributed by atoms with E-state index in [4.69, 9.17) is 0 Å². The van der Waals surface area contributed by atoms with Gasteiger partial charge in [-0.2, -0.15) is 0 Å². The number of hydrogen-bond acceptors (Lipinski definition) is 4. The molecule has 1 N–H and O–H groups in total. The summed E-state index contributed by atoms with van der Waals surface area (Å²) in [4.78, 5) is 49.3. The van der Waals surface area contributed by atoms with Crippen LogP contribution in [0.25, 0.3) is 22.2 Å². The van der Waals surface area contributed by atoms with Crippen molar-refractivity contribution in [2.75, 3.05) is 14.1 Å². The first-order valence-corrected chi connectivity index (χ1v) is 11.6. The number of likely N-dealkylation sites (tertiary alicyclic amines) is 1. The van der Waals surface area contributed by atoms with Crippen LogP contribution in [-0.2, 0) is 26.3 Å². The van der Waals surface area contributed by atoms with Crippen LogP contribution in [0.15, 0.2) is 72.8 Å². The number of amides is 3. The average molecular weight is 485 g/mol. The van der Waals surface area contributed by atoms with Crippen LogP contribution in [-0.4, -0.2) is 51.6 Å². The van der Waals surface area contributed by atoms with Crippen molar-refractivity contribution in [3.63, 3.8) is 0 Å². The van der Waals surface area contributed by atoms with Crippen molar-refractivity contribution in [1.29, 1.82) is 0 Å². The molecular formula is C28H25FN4O3. The number of nitrogens with zero attached hydrogens (tertiary/aromatic N) is 3. The van der Waals surface area contributed by atoms with E-state index in [0.29, 0.717) is 22.4 Å². The van der Waals surface area contributed by atoms with Gasteiger partial charge in [0, 0.05) is 26.9 Å². The maximum Gasteiger partial charge on any atom is 0.240 e. The second-order valence-electron chi connectivity index (χ2n) is 9.23. The molecule has 3 aromatic carbocycles. The molecule has 1 fully saturated rings. The molecule has 3 amide bonds. The Bertz CT molecular complexity index is 1470. The molecule has 1 aliphatic heterocycles. The van der Waals surface area contributed by atoms with Gasteiger partial charge >= 0.3 is 0 Å². The molecule has 8 heteroatoms. The molecule has 1 aliphatic rings. The van der Waals surface area contributed by atoms with Crippen LogP contribution in [0, 0.1) is 5.82 Å². The summed E-state index contributed by atoms with van der Waals surface area (Å²) in [5.74, 6) is -0.886. The van der Waals surface area contributed by atoms with Gasteiger partial charge < -0.3 is 9.88 Å². The van der Waals surface area contributed by atoms with Crippen molar-refractivity contribution < 1.29 is 18.8 Å². The summed E-state index contributed by atoms with van der Waals surface area (Å²) in [5, 5.41) is 0. The number of aromatic amines is 1. The second-order valence-corrected chi connectivity index (χ2v) is 9.23. The van der Waals surface area contributed by atoms with E-state index in [1.54, 1.807) is 13.1 Å². The van der Waals surface area contributed by atoms with Crippen LogP contribution >= 0.6 is 0 Å². The number of hydrogen-bond donors (Lipinski definition) is 1. The number of imidazole rings is 1. The van der Waals surface area contributed by atoms with Gasteiger partial charge in [0.1, 0.15) is 11.6 Å². The molecule has 1 aromatic heterocycles. The lowest BCUT2D eigenvalue weighted by atomic mass is 9.75. The van der Waals surface area contributed by atoms with Crippen LogP contribution < -0.4 is 0 Å². The number of carbonyl (C=O) groups is 3. The third-order valence-electron chi connectivity index (χ3n) is 6.84. The zero-order valence-corrected chi connectivity index (χ0v) is 20.0. The number of benzene rings is 3. The summed E-state index contributed by atoms with van der Waals surface area (Å²) in [7, 11) is 3.07. The molecule has 0 spiro atoms. The van der Waals surface area contributed by atoms with Crippen molar-refractivity contribution in [1.82, 2.24) is 19.8 Å². The van der Waals surface area contributed by atoms with E-state index in [2.05, 4.69) is 9.97 Å². The highest BCUT2D eigenvalue weighted by Gasteiger charge is 2.52. The maximum atomic E-state index is 13.5. The fraction of sp³-hybridized carbons (Fsp3) is 0.214. The standard InChI is InChI=1S/C28H25FN4O3/c1-32(17-24-30-22-13-12-21(29)14-23(22)31-24)25(34)15-28(16-26(35)33(2)27(28)36)20-10-8-19(9-11-20)18-6-4-3-5-7-18/h3-14H,15-17H2,1-2H3,(H,30,31). The molecule has 182 valence electrons. The Labute approximate surface area is 207 Å². The highest BCUT2D eigenvalue weighted by Crippen LogP contribution is 2.40. The number of aromatic nitrogens is 2. The number of imide groups is 1. The van der Waals surface area contributed by atoms with Gasteiger partial charge in [0.15, 0.2) is 0 Å². The van der Waals surface area contributed by atoms with Crippen LogP contribution in [0.2, 0.25) is 0 Å². The van der Waals surface area contributed by atoms with E-state index in [1.807, 2.05) is 54.6 Å². The minimum absolute atomic E-state index is 0.0729. The van der Waals surface area contributed by atoms with Crippen molar-refractivity contribution in [3.8, 4) is 11.1 Å². The zero-order chi connectivity index (χ0) is 25.4. The summed E-state index contributed by atoms with van der Waals surface area (Å²) in [6.07, 6.45) is -0.228. The largest absolute Gasteiger partial charge is 0.340 e. The summed E-state index contributed by atoms with van der Waals surface area (Å²) in [6.45, 7) is 0.149. The third kappa shape index (κ3) is 4.15. The smallest absolute Gasteiger partial charge is 0.240 e. The molecule has 1 unspecified atom stereocenters. The summed E-state index contributed by atoms with van der Waals surface area (Å²) >= 11 is 0. The van der Waals surface area contributed by atoms with E-state index >= 15 is 0 Å². The highest BCUT2D eigenvalue weighted by atomic mass is 19.1. The summed E-state index contributed by atoms with van der Waals surface area (Å²) in [6, 6.07) is 21.5. The number of likely N-dealkylation sites (N-methyl/N-ethyl adjacent to an activating group) is 1. The van der Waals surface area contributed by atoms with Crippen LogP contribution in [0.3, 0.4) is 0 Å². The number of H-pyrrole nitrogens is 1. The monoisotopic (exact) mass is 484 g/mol. The number of carbonyl (C=O) groups excluding carboxylic acids is 3. The fourth-order valence-corrected chi connectivity index (χ4v) is 4.78. The first-order valence-electron chi connectivity index (χ1n) is 11.6. The molecule has 36 heavy (non-hydrogen) atoms. The molecule has 0 bridgehead atoms. The SMILES string of the molecule is CN(Cc1nc2ccc(F)cc2[nH]1)C(=O)CC1(c2ccc(-c3ccccc3)cc2)CC(=O)N(C)C1=O. The molecule has 7 nitrogen and oxygen atoms in total. The maximum absolute atomic E-state index is 13.5. The highest BCUT2D eigenvalue weighted by molar-refractivity contribution is 6.10. The lowest BCUT2D eigenvalue weighted by Crippen LogP contribution is -2.41. The van der Waals surface area contributed by atoms with E-state index in [0.717, 1.165) is 16.0 Å². The molecule has 0 aliphatic carbocycles. The van der Waals surface area contributed by atoms with E-state index in [-0.39, 0.29) is 42.9 Å². The Morgan fingerprint density at radius 2 is 1.75 bits per heavy atom. The van der Waals surface area contributed by atoms with Gasteiger partial charge in [0.05, 0.1) is 23.0 Å². The number of nitrogens with one attached hydrogen (secondary N) is 1. The summed E-state index contributed by atoms with van der Waals surface area (Å²) < 4.78 is 13.5. The molecule has 5 rings (SSSR count). The molecule has 1 saturated heterocycles. The van der Waals surface area contributed by atoms with Gasteiger partial charge in [-0.1, -0.05) is 54.6 Å². The van der Waals surface area contributed by atoms with Crippen molar-refractivity contribution in [2.24, 2.45) is 0 Å². The number of rotatable bonds is 6. The minimum atomic E-state index is -1.27. The Balaban J connectivity index is 1.41. The Morgan fingerprint density at radius 3 is 2.42 bits per heavy atom. The second kappa shape index (κ2) is 9.03. The normalized spacial score (nSPS) is 17.7. The van der Waals surface area contributed by atoms with E-state index in [1.165, 1.54) is 24.1 Å². The predicted molar refractivity (Wildman–Crippen MR) is 133 cm³/mol. The van der Waals surface area contributed by atoms with Crippen LogP contribution in [0.5, 0.6) is 0 Å². The third-order valence-corrected chi connectivity index (χ3v) is 6.84. The molecule has 0 saturated carbocycles. The Kier molecular flexibility index (Phi) is 5.88. The summed E-state index contributed by atoms with van der Waals surface area (Å²) in [5.41, 5.74) is 2.50.